The summed E-state index contributed by atoms with van der Waals surface area (Å²) in [4.78, 5) is 15.7. The molecule has 4 nitrogen and oxygen atoms in total. The van der Waals surface area contributed by atoms with Crippen LogP contribution in [0.1, 0.15) is 18.2 Å². The van der Waals surface area contributed by atoms with E-state index in [0.29, 0.717) is 0 Å². The van der Waals surface area contributed by atoms with Crippen molar-refractivity contribution < 1.29 is 9.90 Å². The molecule has 1 aliphatic carbocycles. The van der Waals surface area contributed by atoms with Crippen molar-refractivity contribution in [2.45, 2.75) is 18.4 Å². The Morgan fingerprint density at radius 3 is 3.18 bits per heavy atom. The molecule has 1 amide bonds. The van der Waals surface area contributed by atoms with Gasteiger partial charge in [-0.2, -0.15) is 0 Å². The molecule has 2 atom stereocenters. The zero-order valence-electron chi connectivity index (χ0n) is 9.34. The smallest absolute Gasteiger partial charge is 0.244 e. The first-order valence-corrected chi connectivity index (χ1v) is 5.47. The minimum Gasteiger partial charge on any atom is -0.510 e. The summed E-state index contributed by atoms with van der Waals surface area (Å²) in [5.74, 6) is -0.0162. The van der Waals surface area contributed by atoms with Gasteiger partial charge in [0.05, 0.1) is 11.1 Å². The molecule has 0 saturated heterocycles. The van der Waals surface area contributed by atoms with E-state index in [1.54, 1.807) is 12.3 Å². The lowest BCUT2D eigenvalue weighted by Gasteiger charge is -2.40. The van der Waals surface area contributed by atoms with Crippen LogP contribution in [0, 0.1) is 0 Å². The third-order valence-electron chi connectivity index (χ3n) is 3.42. The number of carbonyl (C=O) groups is 1. The van der Waals surface area contributed by atoms with Gasteiger partial charge < -0.3 is 10.4 Å². The number of hydrogen-bond acceptors (Lipinski definition) is 3. The highest BCUT2D eigenvalue weighted by molar-refractivity contribution is 5.90. The third-order valence-corrected chi connectivity index (χ3v) is 3.42. The van der Waals surface area contributed by atoms with E-state index >= 15 is 0 Å². The Balaban J connectivity index is 2.26. The van der Waals surface area contributed by atoms with Gasteiger partial charge in [-0.25, -0.2) is 0 Å². The molecule has 86 valence electrons. The first-order valence-electron chi connectivity index (χ1n) is 5.47. The molecule has 3 rings (SSSR count). The quantitative estimate of drug-likeness (QED) is 0.703. The van der Waals surface area contributed by atoms with E-state index in [4.69, 9.17) is 0 Å². The highest BCUT2D eigenvalue weighted by Crippen LogP contribution is 2.39. The molecular weight excluding hydrogens is 216 g/mol. The second-order valence-corrected chi connectivity index (χ2v) is 4.57. The Labute approximate surface area is 98.7 Å². The number of aliphatic hydroxyl groups is 1. The molecule has 2 N–H and O–H groups in total. The van der Waals surface area contributed by atoms with Gasteiger partial charge in [0.25, 0.3) is 0 Å². The number of amides is 1. The predicted octanol–water partition coefficient (Wildman–Crippen LogP) is 1.31. The molecule has 1 aliphatic heterocycles. The monoisotopic (exact) mass is 228 g/mol. The van der Waals surface area contributed by atoms with Crippen molar-refractivity contribution in [1.29, 1.82) is 0 Å². The van der Waals surface area contributed by atoms with Crippen molar-refractivity contribution in [1.82, 2.24) is 10.3 Å². The van der Waals surface area contributed by atoms with Crippen molar-refractivity contribution in [3.63, 3.8) is 0 Å². The lowest BCUT2D eigenvalue weighted by atomic mass is 9.71. The summed E-state index contributed by atoms with van der Waals surface area (Å²) in [6.45, 7) is 1.96. The van der Waals surface area contributed by atoms with Crippen LogP contribution < -0.4 is 5.32 Å². The van der Waals surface area contributed by atoms with E-state index in [-0.39, 0.29) is 11.7 Å². The van der Waals surface area contributed by atoms with Crippen molar-refractivity contribution in [3.05, 3.63) is 47.5 Å². The number of pyridine rings is 1. The fourth-order valence-electron chi connectivity index (χ4n) is 2.51. The minimum absolute atomic E-state index is 0.172. The lowest BCUT2D eigenvalue weighted by molar-refractivity contribution is -0.118. The number of hydrogen-bond donors (Lipinski definition) is 2. The third kappa shape index (κ3) is 1.30. The number of carbonyl (C=O) groups excluding carboxylic acids is 1. The fourth-order valence-corrected chi connectivity index (χ4v) is 2.51. The standard InChI is InChI=1S/C13H12N2O2/c1-13-5-4-10(17)15-12(13)9(16)7-8-3-2-6-14-11(8)13/h2-7,12,16H,1H3,(H,15,17). The molecule has 1 aromatic rings. The Kier molecular flexibility index (Phi) is 1.90. The first kappa shape index (κ1) is 10.1. The first-order chi connectivity index (χ1) is 8.11. The lowest BCUT2D eigenvalue weighted by Crippen LogP contribution is -2.53. The Hall–Kier alpha value is -2.10. The molecular formula is C13H12N2O2. The normalized spacial score (nSPS) is 30.1. The summed E-state index contributed by atoms with van der Waals surface area (Å²) >= 11 is 0. The maximum absolute atomic E-state index is 11.4. The number of rotatable bonds is 0. The highest BCUT2D eigenvalue weighted by Gasteiger charge is 2.44. The second-order valence-electron chi connectivity index (χ2n) is 4.57. The van der Waals surface area contributed by atoms with E-state index < -0.39 is 11.5 Å². The van der Waals surface area contributed by atoms with Crippen LogP contribution in [0.5, 0.6) is 0 Å². The average Bonchev–Trinajstić information content (AvgIpc) is 2.32. The largest absolute Gasteiger partial charge is 0.510 e. The minimum atomic E-state index is -0.483. The Morgan fingerprint density at radius 1 is 1.53 bits per heavy atom. The van der Waals surface area contributed by atoms with Crippen LogP contribution in [0.4, 0.5) is 0 Å². The van der Waals surface area contributed by atoms with Crippen LogP contribution in [0.3, 0.4) is 0 Å². The summed E-state index contributed by atoms with van der Waals surface area (Å²) in [5.41, 5.74) is 1.28. The molecule has 0 spiro atoms. The molecule has 0 saturated carbocycles. The van der Waals surface area contributed by atoms with Crippen LogP contribution >= 0.6 is 0 Å². The summed E-state index contributed by atoms with van der Waals surface area (Å²) in [6, 6.07) is 3.31. The summed E-state index contributed by atoms with van der Waals surface area (Å²) in [7, 11) is 0. The topological polar surface area (TPSA) is 62.2 Å². The van der Waals surface area contributed by atoms with Gasteiger partial charge in [-0.05, 0) is 25.1 Å². The number of nitrogens with one attached hydrogen (secondary N) is 1. The number of aromatic nitrogens is 1. The number of aliphatic hydroxyl groups excluding tert-OH is 1. The molecule has 4 heteroatoms. The molecule has 17 heavy (non-hydrogen) atoms. The van der Waals surface area contributed by atoms with Crippen LogP contribution in [-0.4, -0.2) is 22.0 Å². The van der Waals surface area contributed by atoms with Crippen LogP contribution in [0.25, 0.3) is 6.08 Å². The van der Waals surface area contributed by atoms with Gasteiger partial charge in [0, 0.05) is 11.8 Å². The summed E-state index contributed by atoms with van der Waals surface area (Å²) < 4.78 is 0. The van der Waals surface area contributed by atoms with Crippen molar-refractivity contribution >= 4 is 12.0 Å². The summed E-state index contributed by atoms with van der Waals surface area (Å²) in [5, 5.41) is 12.8. The molecule has 0 aromatic carbocycles. The van der Waals surface area contributed by atoms with Crippen molar-refractivity contribution in [3.8, 4) is 0 Å². The molecule has 1 aromatic heterocycles. The average molecular weight is 228 g/mol. The molecule has 2 unspecified atom stereocenters. The Morgan fingerprint density at radius 2 is 2.35 bits per heavy atom. The second kappa shape index (κ2) is 3.20. The van der Waals surface area contributed by atoms with Gasteiger partial charge in [-0.1, -0.05) is 12.1 Å². The van der Waals surface area contributed by atoms with Gasteiger partial charge in [-0.15, -0.1) is 0 Å². The molecule has 2 heterocycles. The van der Waals surface area contributed by atoms with Crippen molar-refractivity contribution in [2.24, 2.45) is 0 Å². The van der Waals surface area contributed by atoms with Gasteiger partial charge in [-0.3, -0.25) is 9.78 Å². The van der Waals surface area contributed by atoms with Crippen LogP contribution in [0.15, 0.2) is 36.2 Å². The van der Waals surface area contributed by atoms with Gasteiger partial charge in [0.2, 0.25) is 5.91 Å². The van der Waals surface area contributed by atoms with Gasteiger partial charge in [0.15, 0.2) is 0 Å². The Bertz CT molecular complexity index is 562. The molecule has 0 bridgehead atoms. The fraction of sp³-hybridized carbons (Fsp3) is 0.231. The molecule has 2 aliphatic rings. The zero-order chi connectivity index (χ0) is 12.0. The number of nitrogens with zero attached hydrogens (tertiary/aromatic N) is 1. The van der Waals surface area contributed by atoms with Gasteiger partial charge >= 0.3 is 0 Å². The zero-order valence-corrected chi connectivity index (χ0v) is 9.34. The van der Waals surface area contributed by atoms with Crippen LogP contribution in [-0.2, 0) is 10.2 Å². The predicted molar refractivity (Wildman–Crippen MR) is 63.3 cm³/mol. The van der Waals surface area contributed by atoms with E-state index in [1.807, 2.05) is 25.1 Å². The highest BCUT2D eigenvalue weighted by atomic mass is 16.3. The van der Waals surface area contributed by atoms with E-state index in [1.165, 1.54) is 6.08 Å². The maximum Gasteiger partial charge on any atom is 0.244 e. The van der Waals surface area contributed by atoms with E-state index in [9.17, 15) is 9.90 Å². The van der Waals surface area contributed by atoms with E-state index in [0.717, 1.165) is 11.3 Å². The molecule has 0 fully saturated rings. The number of fused-ring (bicyclic) bond motifs is 3. The van der Waals surface area contributed by atoms with Crippen molar-refractivity contribution in [2.75, 3.05) is 0 Å². The van der Waals surface area contributed by atoms with Crippen LogP contribution in [0.2, 0.25) is 0 Å². The van der Waals surface area contributed by atoms with Gasteiger partial charge in [0.1, 0.15) is 11.8 Å². The van der Waals surface area contributed by atoms with E-state index in [2.05, 4.69) is 10.3 Å². The molecule has 0 radical (unpaired) electrons. The maximum atomic E-state index is 11.4. The summed E-state index contributed by atoms with van der Waals surface area (Å²) in [6.07, 6.45) is 6.69. The SMILES string of the molecule is CC12C=CC(=O)NC1C(O)=Cc1cccnc12.